The topological polar surface area (TPSA) is 45.2 Å². The van der Waals surface area contributed by atoms with Crippen molar-refractivity contribution >= 4 is 40.4 Å². The van der Waals surface area contributed by atoms with Crippen molar-refractivity contribution in [1.82, 2.24) is 15.2 Å². The number of terminal acetylenes is 1. The quantitative estimate of drug-likeness (QED) is 0.637. The molecule has 2 aromatic rings. The Labute approximate surface area is 160 Å². The highest BCUT2D eigenvalue weighted by atomic mass is 35.5. The monoisotopic (exact) mass is 391 g/mol. The van der Waals surface area contributed by atoms with E-state index in [1.54, 1.807) is 17.5 Å². The molecule has 2 fully saturated rings. The maximum atomic E-state index is 12.8. The molecule has 0 spiro atoms. The normalized spacial score (nSPS) is 23.9. The largest absolute Gasteiger partial charge is 0.345 e. The number of nitrogens with zero attached hydrogens (tertiary/aromatic N) is 2. The van der Waals surface area contributed by atoms with Gasteiger partial charge in [-0.05, 0) is 30.5 Å². The molecule has 1 aromatic heterocycles. The van der Waals surface area contributed by atoms with E-state index in [0.29, 0.717) is 21.7 Å². The number of nitrogens with one attached hydrogen (secondary N) is 1. The third-order valence-electron chi connectivity index (χ3n) is 5.02. The average Bonchev–Trinajstić information content (AvgIpc) is 2.96. The molecule has 1 aromatic carbocycles. The predicted octanol–water partition coefficient (Wildman–Crippen LogP) is 3.76. The summed E-state index contributed by atoms with van der Waals surface area (Å²) in [5.41, 5.74) is 1.40. The van der Waals surface area contributed by atoms with Gasteiger partial charge in [0.15, 0.2) is 0 Å². The lowest BCUT2D eigenvalue weighted by Crippen LogP contribution is -2.34. The molecule has 25 heavy (non-hydrogen) atoms. The summed E-state index contributed by atoms with van der Waals surface area (Å²) >= 11 is 13.6. The van der Waals surface area contributed by atoms with E-state index in [4.69, 9.17) is 29.6 Å². The minimum absolute atomic E-state index is 0.0279. The predicted molar refractivity (Wildman–Crippen MR) is 101 cm³/mol. The maximum Gasteiger partial charge on any atom is 0.273 e. The molecule has 0 radical (unpaired) electrons. The van der Waals surface area contributed by atoms with E-state index in [1.165, 1.54) is 11.3 Å². The lowest BCUT2D eigenvalue weighted by molar-refractivity contribution is 0.0760. The highest BCUT2D eigenvalue weighted by Gasteiger charge is 2.60. The minimum Gasteiger partial charge on any atom is -0.345 e. The SMILES string of the molecule is C#CNCC12CC1CN(C(=O)c1csc(-c3ccc(Cl)cc3Cl)n1)C2. The first-order chi connectivity index (χ1) is 12.0. The number of fused-ring (bicyclic) bond motifs is 1. The van der Waals surface area contributed by atoms with Crippen LogP contribution in [0.25, 0.3) is 10.6 Å². The summed E-state index contributed by atoms with van der Waals surface area (Å²) in [5, 5.41) is 6.57. The van der Waals surface area contributed by atoms with E-state index in [-0.39, 0.29) is 11.3 Å². The third-order valence-corrected chi connectivity index (χ3v) is 6.44. The Kier molecular flexibility index (Phi) is 4.15. The van der Waals surface area contributed by atoms with E-state index in [2.05, 4.69) is 16.3 Å². The van der Waals surface area contributed by atoms with Gasteiger partial charge in [0.25, 0.3) is 5.91 Å². The molecule has 1 saturated carbocycles. The van der Waals surface area contributed by atoms with Crippen LogP contribution in [0.5, 0.6) is 0 Å². The summed E-state index contributed by atoms with van der Waals surface area (Å²) in [6.45, 7) is 2.28. The van der Waals surface area contributed by atoms with Gasteiger partial charge in [-0.1, -0.05) is 29.6 Å². The summed E-state index contributed by atoms with van der Waals surface area (Å²) in [5.74, 6) is 0.515. The van der Waals surface area contributed by atoms with Crippen LogP contribution >= 0.6 is 34.5 Å². The maximum absolute atomic E-state index is 12.8. The number of aromatic nitrogens is 1. The summed E-state index contributed by atoms with van der Waals surface area (Å²) in [4.78, 5) is 19.1. The fraction of sp³-hybridized carbons (Fsp3) is 0.333. The van der Waals surface area contributed by atoms with Crippen molar-refractivity contribution < 1.29 is 4.79 Å². The summed E-state index contributed by atoms with van der Waals surface area (Å²) in [7, 11) is 0. The molecule has 7 heteroatoms. The zero-order valence-electron chi connectivity index (χ0n) is 13.3. The van der Waals surface area contributed by atoms with Gasteiger partial charge >= 0.3 is 0 Å². The first-order valence-electron chi connectivity index (χ1n) is 7.91. The number of hydrogen-bond donors (Lipinski definition) is 1. The Morgan fingerprint density at radius 2 is 2.36 bits per heavy atom. The zero-order chi connectivity index (χ0) is 17.6. The highest BCUT2D eigenvalue weighted by molar-refractivity contribution is 7.13. The second-order valence-corrected chi connectivity index (χ2v) is 8.31. The van der Waals surface area contributed by atoms with E-state index >= 15 is 0 Å². The number of hydrogen-bond acceptors (Lipinski definition) is 4. The second-order valence-electron chi connectivity index (χ2n) is 6.61. The standard InChI is InChI=1S/C18H15Cl2N3OS/c1-2-21-9-18-6-11(18)7-23(10-18)17(24)15-8-25-16(22-15)13-4-3-12(19)5-14(13)20/h1,3-5,8,11,21H,6-7,9-10H2. The molecule has 1 aliphatic heterocycles. The van der Waals surface area contributed by atoms with Crippen molar-refractivity contribution in [2.45, 2.75) is 6.42 Å². The second kappa shape index (κ2) is 6.21. The van der Waals surface area contributed by atoms with Gasteiger partial charge in [0.1, 0.15) is 10.7 Å². The number of benzene rings is 1. The molecule has 2 aliphatic rings. The van der Waals surface area contributed by atoms with E-state index < -0.39 is 0 Å². The van der Waals surface area contributed by atoms with Gasteiger partial charge in [-0.15, -0.1) is 11.3 Å². The van der Waals surface area contributed by atoms with E-state index in [9.17, 15) is 4.79 Å². The van der Waals surface area contributed by atoms with E-state index in [1.807, 2.05) is 11.0 Å². The Morgan fingerprint density at radius 3 is 3.12 bits per heavy atom. The van der Waals surface area contributed by atoms with Gasteiger partial charge < -0.3 is 10.2 Å². The zero-order valence-corrected chi connectivity index (χ0v) is 15.6. The minimum atomic E-state index is -0.0279. The number of halogens is 2. The average molecular weight is 392 g/mol. The Bertz CT molecular complexity index is 891. The fourth-order valence-corrected chi connectivity index (χ4v) is 4.96. The molecule has 2 heterocycles. The lowest BCUT2D eigenvalue weighted by atomic mass is 10.1. The van der Waals surface area contributed by atoms with Crippen molar-refractivity contribution in [3.63, 3.8) is 0 Å². The van der Waals surface area contributed by atoms with Gasteiger partial charge in [0, 0.05) is 47.1 Å². The molecule has 1 N–H and O–H groups in total. The number of carbonyl (C=O) groups excluding carboxylic acids is 1. The number of rotatable bonds is 4. The molecular formula is C18H15Cl2N3OS. The van der Waals surface area contributed by atoms with Gasteiger partial charge in [-0.3, -0.25) is 4.79 Å². The van der Waals surface area contributed by atoms with Gasteiger partial charge in [0.05, 0.1) is 5.02 Å². The van der Waals surface area contributed by atoms with Gasteiger partial charge in [-0.2, -0.15) is 0 Å². The number of piperidine rings is 1. The molecule has 2 atom stereocenters. The van der Waals surface area contributed by atoms with Crippen LogP contribution < -0.4 is 5.32 Å². The Balaban J connectivity index is 1.50. The van der Waals surface area contributed by atoms with E-state index in [0.717, 1.165) is 36.6 Å². The van der Waals surface area contributed by atoms with Crippen molar-refractivity contribution in [1.29, 1.82) is 0 Å². The van der Waals surface area contributed by atoms with Crippen LogP contribution in [0.15, 0.2) is 23.6 Å². The van der Waals surface area contributed by atoms with Crippen molar-refractivity contribution in [2.75, 3.05) is 19.6 Å². The fourth-order valence-electron chi connectivity index (χ4n) is 3.57. The van der Waals surface area contributed by atoms with Crippen LogP contribution in [0.2, 0.25) is 10.0 Å². The first kappa shape index (κ1) is 16.7. The summed E-state index contributed by atoms with van der Waals surface area (Å²) in [6, 6.07) is 7.73. The van der Waals surface area contributed by atoms with Crippen LogP contribution in [0, 0.1) is 23.8 Å². The van der Waals surface area contributed by atoms with Gasteiger partial charge in [-0.25, -0.2) is 4.98 Å². The van der Waals surface area contributed by atoms with Crippen molar-refractivity contribution in [3.05, 3.63) is 39.3 Å². The number of likely N-dealkylation sites (tertiary alicyclic amines) is 1. The van der Waals surface area contributed by atoms with Crippen LogP contribution in [0.3, 0.4) is 0 Å². The van der Waals surface area contributed by atoms with Crippen LogP contribution in [-0.4, -0.2) is 35.4 Å². The summed E-state index contributed by atoms with van der Waals surface area (Å²) < 4.78 is 0. The molecule has 1 aliphatic carbocycles. The molecule has 1 saturated heterocycles. The van der Waals surface area contributed by atoms with Crippen LogP contribution in [-0.2, 0) is 0 Å². The molecular weight excluding hydrogens is 377 g/mol. The Hall–Kier alpha value is -1.74. The number of carbonyl (C=O) groups is 1. The molecule has 1 amide bonds. The molecule has 0 bridgehead atoms. The summed E-state index contributed by atoms with van der Waals surface area (Å²) in [6.07, 6.45) is 6.41. The molecule has 4 rings (SSSR count). The molecule has 128 valence electrons. The Morgan fingerprint density at radius 1 is 1.52 bits per heavy atom. The highest BCUT2D eigenvalue weighted by Crippen LogP contribution is 2.57. The molecule has 4 nitrogen and oxygen atoms in total. The number of amides is 1. The van der Waals surface area contributed by atoms with Crippen LogP contribution in [0.4, 0.5) is 0 Å². The van der Waals surface area contributed by atoms with Crippen molar-refractivity contribution in [3.8, 4) is 23.0 Å². The number of thiazole rings is 1. The third kappa shape index (κ3) is 2.99. The lowest BCUT2D eigenvalue weighted by Gasteiger charge is -2.20. The van der Waals surface area contributed by atoms with Crippen LogP contribution in [0.1, 0.15) is 16.9 Å². The molecule has 2 unspecified atom stereocenters. The van der Waals surface area contributed by atoms with Crippen molar-refractivity contribution in [2.24, 2.45) is 11.3 Å². The smallest absolute Gasteiger partial charge is 0.273 e. The van der Waals surface area contributed by atoms with Gasteiger partial charge in [0.2, 0.25) is 0 Å². The first-order valence-corrected chi connectivity index (χ1v) is 9.55.